The van der Waals surface area contributed by atoms with Gasteiger partial charge in [0.05, 0.1) is 25.5 Å². The predicted molar refractivity (Wildman–Crippen MR) is 141 cm³/mol. The molecule has 0 radical (unpaired) electrons. The molecule has 190 valence electrons. The normalized spacial score (nSPS) is 16.2. The minimum atomic E-state index is -1.12. The Balaban J connectivity index is 2.08. The van der Waals surface area contributed by atoms with Crippen molar-refractivity contribution in [3.05, 3.63) is 64.9 Å². The van der Waals surface area contributed by atoms with Gasteiger partial charge in [0, 0.05) is 42.3 Å². The highest BCUT2D eigenvalue weighted by atomic mass is 19.1. The lowest BCUT2D eigenvalue weighted by Gasteiger charge is -2.30. The number of halogens is 1. The topological polar surface area (TPSA) is 66.0 Å². The quantitative estimate of drug-likeness (QED) is 0.335. The average molecular weight is 484 g/mol. The molecule has 7 heteroatoms. The summed E-state index contributed by atoms with van der Waals surface area (Å²) in [5.41, 5.74) is 6.95. The highest BCUT2D eigenvalue weighted by Crippen LogP contribution is 2.41. The van der Waals surface area contributed by atoms with E-state index in [2.05, 4.69) is 73.7 Å². The minimum absolute atomic E-state index is 0.0234. The summed E-state index contributed by atoms with van der Waals surface area (Å²) >= 11 is 0. The number of nitrogens with one attached hydrogen (secondary N) is 2. The van der Waals surface area contributed by atoms with E-state index in [1.165, 1.54) is 16.8 Å². The van der Waals surface area contributed by atoms with Crippen molar-refractivity contribution in [2.45, 2.75) is 52.8 Å². The lowest BCUT2D eigenvalue weighted by Crippen LogP contribution is -2.34. The van der Waals surface area contributed by atoms with Crippen molar-refractivity contribution in [1.82, 2.24) is 10.6 Å². The summed E-state index contributed by atoms with van der Waals surface area (Å²) < 4.78 is 23.9. The second-order valence-corrected chi connectivity index (χ2v) is 8.75. The molecule has 0 fully saturated rings. The molecule has 2 aromatic rings. The summed E-state index contributed by atoms with van der Waals surface area (Å²) in [4.78, 5) is 2.12. The molecule has 3 rings (SSSR count). The largest absolute Gasteiger partial charge is 0.496 e. The third-order valence-corrected chi connectivity index (χ3v) is 6.34. The first-order valence-corrected chi connectivity index (χ1v) is 12.2. The molecule has 0 aliphatic carbocycles. The van der Waals surface area contributed by atoms with Crippen LogP contribution in [0.2, 0.25) is 0 Å². The molecule has 1 heterocycles. The number of aliphatic hydroxyl groups is 1. The van der Waals surface area contributed by atoms with Crippen LogP contribution in [0.4, 0.5) is 15.8 Å². The predicted octanol–water partition coefficient (Wildman–Crippen LogP) is 5.74. The number of benzene rings is 2. The van der Waals surface area contributed by atoms with Crippen molar-refractivity contribution < 1.29 is 19.0 Å². The van der Waals surface area contributed by atoms with Crippen LogP contribution in [0.15, 0.2) is 48.2 Å². The molecule has 0 saturated heterocycles. The van der Waals surface area contributed by atoms with Crippen LogP contribution in [-0.2, 0) is 0 Å². The molecule has 6 nitrogen and oxygen atoms in total. The molecular weight excluding hydrogens is 445 g/mol. The van der Waals surface area contributed by atoms with E-state index in [-0.39, 0.29) is 6.54 Å². The molecule has 1 aliphatic rings. The zero-order valence-corrected chi connectivity index (χ0v) is 21.6. The molecular formula is C28H38FN3O3. The standard InChI is InChI=1S/C28H38FN3O3/c1-7-18(3)17-32(24-10-9-20(13-19(24)4)23-14-21(8-2)31-23)22-15-25(34-5)27(26(16-22)35-6)28(33)30-12-11-29/h9-10,13-17,21,28,30-31,33H,7-8,11-12H2,1-6H3/b18-17-. The molecule has 3 N–H and O–H groups in total. The van der Waals surface area contributed by atoms with E-state index in [4.69, 9.17) is 9.47 Å². The van der Waals surface area contributed by atoms with Crippen LogP contribution in [0.3, 0.4) is 0 Å². The molecule has 0 amide bonds. The fourth-order valence-electron chi connectivity index (χ4n) is 4.11. The van der Waals surface area contributed by atoms with Gasteiger partial charge in [0.15, 0.2) is 0 Å². The smallest absolute Gasteiger partial charge is 0.138 e. The highest BCUT2D eigenvalue weighted by Gasteiger charge is 2.23. The number of ether oxygens (including phenoxy) is 2. The number of hydrogen-bond acceptors (Lipinski definition) is 6. The van der Waals surface area contributed by atoms with Crippen LogP contribution in [0.25, 0.3) is 5.70 Å². The summed E-state index contributed by atoms with van der Waals surface area (Å²) in [6.07, 6.45) is 5.24. The maximum Gasteiger partial charge on any atom is 0.138 e. The number of methoxy groups -OCH3 is 2. The third-order valence-electron chi connectivity index (χ3n) is 6.34. The van der Waals surface area contributed by atoms with E-state index < -0.39 is 12.9 Å². The van der Waals surface area contributed by atoms with Crippen LogP contribution in [0.1, 0.15) is 56.5 Å². The van der Waals surface area contributed by atoms with Gasteiger partial charge in [-0.2, -0.15) is 0 Å². The second-order valence-electron chi connectivity index (χ2n) is 8.75. The molecule has 2 atom stereocenters. The first-order valence-electron chi connectivity index (χ1n) is 12.2. The van der Waals surface area contributed by atoms with E-state index in [1.807, 2.05) is 12.1 Å². The van der Waals surface area contributed by atoms with Gasteiger partial charge in [0.25, 0.3) is 0 Å². The Kier molecular flexibility index (Phi) is 9.18. The van der Waals surface area contributed by atoms with Gasteiger partial charge in [-0.05, 0) is 56.0 Å². The first kappa shape index (κ1) is 26.6. The third kappa shape index (κ3) is 5.97. The van der Waals surface area contributed by atoms with Crippen LogP contribution >= 0.6 is 0 Å². The summed E-state index contributed by atoms with van der Waals surface area (Å²) in [7, 11) is 3.09. The Morgan fingerprint density at radius 1 is 1.20 bits per heavy atom. The molecule has 2 aromatic carbocycles. The van der Waals surface area contributed by atoms with E-state index >= 15 is 0 Å². The molecule has 0 bridgehead atoms. The Morgan fingerprint density at radius 2 is 1.86 bits per heavy atom. The van der Waals surface area contributed by atoms with Crippen LogP contribution in [0.5, 0.6) is 11.5 Å². The Morgan fingerprint density at radius 3 is 2.37 bits per heavy atom. The van der Waals surface area contributed by atoms with E-state index in [9.17, 15) is 9.50 Å². The zero-order chi connectivity index (χ0) is 25.5. The number of alkyl halides is 1. The Bertz CT molecular complexity index is 1060. The zero-order valence-electron chi connectivity index (χ0n) is 21.6. The summed E-state index contributed by atoms with van der Waals surface area (Å²) in [5, 5.41) is 16.9. The molecule has 0 aromatic heterocycles. The van der Waals surface area contributed by atoms with Gasteiger partial charge < -0.3 is 24.8 Å². The number of aryl methyl sites for hydroxylation is 1. The number of anilines is 2. The van der Waals surface area contributed by atoms with Gasteiger partial charge in [-0.1, -0.05) is 25.5 Å². The molecule has 1 aliphatic heterocycles. The summed E-state index contributed by atoms with van der Waals surface area (Å²) in [6.45, 7) is 7.92. The molecule has 0 spiro atoms. The highest BCUT2D eigenvalue weighted by molar-refractivity contribution is 5.77. The fraction of sp³-hybridized carbons (Fsp3) is 0.429. The van der Waals surface area contributed by atoms with Gasteiger partial charge in [-0.25, -0.2) is 4.39 Å². The van der Waals surface area contributed by atoms with Crippen molar-refractivity contribution in [2.24, 2.45) is 0 Å². The summed E-state index contributed by atoms with van der Waals surface area (Å²) in [6, 6.07) is 10.6. The van der Waals surface area contributed by atoms with Crippen molar-refractivity contribution in [2.75, 3.05) is 32.3 Å². The first-order chi connectivity index (χ1) is 16.9. The number of rotatable bonds is 12. The monoisotopic (exact) mass is 483 g/mol. The van der Waals surface area contributed by atoms with Crippen LogP contribution in [0, 0.1) is 6.92 Å². The van der Waals surface area contributed by atoms with Crippen molar-refractivity contribution in [3.8, 4) is 11.5 Å². The summed E-state index contributed by atoms with van der Waals surface area (Å²) in [5.74, 6) is 0.906. The minimum Gasteiger partial charge on any atom is -0.496 e. The van der Waals surface area contributed by atoms with Gasteiger partial charge in [-0.15, -0.1) is 0 Å². The van der Waals surface area contributed by atoms with Crippen LogP contribution < -0.4 is 25.0 Å². The Labute approximate surface area is 208 Å². The number of aliphatic hydroxyl groups excluding tert-OH is 1. The van der Waals surface area contributed by atoms with Crippen molar-refractivity contribution >= 4 is 17.1 Å². The number of allylic oxidation sites excluding steroid dienone is 1. The fourth-order valence-corrected chi connectivity index (χ4v) is 4.11. The van der Waals surface area contributed by atoms with Crippen LogP contribution in [-0.4, -0.2) is 38.6 Å². The van der Waals surface area contributed by atoms with E-state index in [0.29, 0.717) is 23.1 Å². The number of hydrogen-bond donors (Lipinski definition) is 3. The van der Waals surface area contributed by atoms with E-state index in [1.54, 1.807) is 14.2 Å². The molecule has 0 saturated carbocycles. The molecule has 35 heavy (non-hydrogen) atoms. The van der Waals surface area contributed by atoms with Gasteiger partial charge >= 0.3 is 0 Å². The maximum atomic E-state index is 12.7. The number of nitrogens with zero attached hydrogens (tertiary/aromatic N) is 1. The van der Waals surface area contributed by atoms with Crippen molar-refractivity contribution in [1.29, 1.82) is 0 Å². The van der Waals surface area contributed by atoms with E-state index in [0.717, 1.165) is 29.8 Å². The Hall–Kier alpha value is -3.03. The molecule has 2 unspecified atom stereocenters. The second kappa shape index (κ2) is 12.1. The van der Waals surface area contributed by atoms with Crippen molar-refractivity contribution in [3.63, 3.8) is 0 Å². The maximum absolute atomic E-state index is 12.7. The lowest BCUT2D eigenvalue weighted by molar-refractivity contribution is 0.129. The SMILES string of the molecule is CC/C(C)=C\N(c1cc(OC)c(C(O)NCCF)c(OC)c1)c1ccc(C2=CC(CC)N2)cc1C. The van der Waals surface area contributed by atoms with Gasteiger partial charge in [-0.3, -0.25) is 5.32 Å². The average Bonchev–Trinajstić information content (AvgIpc) is 2.84. The lowest BCUT2D eigenvalue weighted by atomic mass is 9.98. The van der Waals surface area contributed by atoms with Gasteiger partial charge in [0.2, 0.25) is 0 Å². The van der Waals surface area contributed by atoms with Gasteiger partial charge in [0.1, 0.15) is 24.4 Å².